The molecule has 0 spiro atoms. The van der Waals surface area contributed by atoms with Gasteiger partial charge >= 0.3 is 0 Å². The van der Waals surface area contributed by atoms with E-state index in [1.165, 1.54) is 11.4 Å². The molecule has 1 amide bonds. The number of hydrogen-bond acceptors (Lipinski definition) is 5. The van der Waals surface area contributed by atoms with Crippen molar-refractivity contribution in [1.82, 2.24) is 4.31 Å². The third kappa shape index (κ3) is 4.89. The number of benzene rings is 2. The second-order valence-electron chi connectivity index (χ2n) is 6.90. The van der Waals surface area contributed by atoms with Gasteiger partial charge in [-0.3, -0.25) is 4.79 Å². The highest BCUT2D eigenvalue weighted by Crippen LogP contribution is 2.31. The van der Waals surface area contributed by atoms with Crippen LogP contribution < -0.4 is 14.8 Å². The lowest BCUT2D eigenvalue weighted by molar-refractivity contribution is -0.117. The van der Waals surface area contributed by atoms with Crippen molar-refractivity contribution in [1.29, 1.82) is 0 Å². The molecule has 1 fully saturated rings. The molecule has 0 aromatic heterocycles. The lowest BCUT2D eigenvalue weighted by Crippen LogP contribution is -2.45. The monoisotopic (exact) mass is 418 g/mol. The van der Waals surface area contributed by atoms with Gasteiger partial charge in [-0.1, -0.05) is 24.6 Å². The summed E-state index contributed by atoms with van der Waals surface area (Å²) >= 11 is 0. The number of anilines is 1. The highest BCUT2D eigenvalue weighted by Gasteiger charge is 2.34. The number of carbonyl (C=O) groups is 1. The van der Waals surface area contributed by atoms with Crippen LogP contribution in [0.4, 0.5) is 5.69 Å². The summed E-state index contributed by atoms with van der Waals surface area (Å²) in [5, 5.41) is 2.83. The molecule has 0 bridgehead atoms. The minimum atomic E-state index is -3.64. The number of hydrogen-bond donors (Lipinski definition) is 1. The predicted molar refractivity (Wildman–Crippen MR) is 111 cm³/mol. The highest BCUT2D eigenvalue weighted by atomic mass is 32.2. The maximum Gasteiger partial charge on any atom is 0.243 e. The highest BCUT2D eigenvalue weighted by molar-refractivity contribution is 7.89. The molecule has 8 heteroatoms. The summed E-state index contributed by atoms with van der Waals surface area (Å²) in [6.45, 7) is 0.414. The van der Waals surface area contributed by atoms with Crippen molar-refractivity contribution >= 4 is 21.6 Å². The first-order valence-electron chi connectivity index (χ1n) is 9.54. The van der Waals surface area contributed by atoms with Gasteiger partial charge in [0.05, 0.1) is 24.8 Å². The number of carbonyl (C=O) groups excluding carboxylic acids is 1. The third-order valence-electron chi connectivity index (χ3n) is 5.02. The lowest BCUT2D eigenvalue weighted by atomic mass is 10.0. The van der Waals surface area contributed by atoms with Crippen molar-refractivity contribution in [3.8, 4) is 11.5 Å². The first-order chi connectivity index (χ1) is 14.0. The fourth-order valence-corrected chi connectivity index (χ4v) is 5.26. The molecule has 2 aromatic carbocycles. The molecule has 0 unspecified atom stereocenters. The smallest absolute Gasteiger partial charge is 0.243 e. The molecule has 0 radical (unpaired) electrons. The zero-order chi connectivity index (χ0) is 20.9. The van der Waals surface area contributed by atoms with E-state index in [0.29, 0.717) is 30.2 Å². The molecular weight excluding hydrogens is 392 g/mol. The van der Waals surface area contributed by atoms with Crippen LogP contribution in [-0.4, -0.2) is 45.4 Å². The van der Waals surface area contributed by atoms with E-state index in [1.807, 2.05) is 0 Å². The number of nitrogens with one attached hydrogen (secondary N) is 1. The summed E-state index contributed by atoms with van der Waals surface area (Å²) in [5.41, 5.74) is 0.491. The fraction of sp³-hybridized carbons (Fsp3) is 0.381. The SMILES string of the molecule is COc1ccc(OC)c(NC(=O)C[C@H]2CCCCN2S(=O)(=O)c2ccccc2)c1. The lowest BCUT2D eigenvalue weighted by Gasteiger charge is -2.34. The topological polar surface area (TPSA) is 84.9 Å². The van der Waals surface area contributed by atoms with Crippen molar-refractivity contribution in [3.63, 3.8) is 0 Å². The Hall–Kier alpha value is -2.58. The summed E-state index contributed by atoms with van der Waals surface area (Å²) in [5.74, 6) is 0.834. The largest absolute Gasteiger partial charge is 0.497 e. The molecule has 29 heavy (non-hydrogen) atoms. The minimum Gasteiger partial charge on any atom is -0.497 e. The number of piperidine rings is 1. The normalized spacial score (nSPS) is 17.5. The van der Waals surface area contributed by atoms with E-state index in [-0.39, 0.29) is 23.3 Å². The number of amides is 1. The Morgan fingerprint density at radius 3 is 2.55 bits per heavy atom. The molecule has 3 rings (SSSR count). The van der Waals surface area contributed by atoms with Gasteiger partial charge in [0, 0.05) is 25.1 Å². The number of nitrogens with zero attached hydrogens (tertiary/aromatic N) is 1. The first-order valence-corrected chi connectivity index (χ1v) is 11.0. The van der Waals surface area contributed by atoms with Crippen LogP contribution in [0.3, 0.4) is 0 Å². The van der Waals surface area contributed by atoms with Crippen LogP contribution in [-0.2, 0) is 14.8 Å². The Kier molecular flexibility index (Phi) is 6.76. The maximum absolute atomic E-state index is 13.1. The van der Waals surface area contributed by atoms with Crippen LogP contribution in [0.25, 0.3) is 0 Å². The van der Waals surface area contributed by atoms with Gasteiger partial charge in [-0.2, -0.15) is 4.31 Å². The maximum atomic E-state index is 13.1. The second kappa shape index (κ2) is 9.28. The van der Waals surface area contributed by atoms with Crippen LogP contribution in [0.5, 0.6) is 11.5 Å². The molecule has 1 atom stereocenters. The van der Waals surface area contributed by atoms with Crippen LogP contribution in [0.15, 0.2) is 53.4 Å². The summed E-state index contributed by atoms with van der Waals surface area (Å²) in [6, 6.07) is 13.1. The Labute approximate surface area is 171 Å². The van der Waals surface area contributed by atoms with Gasteiger partial charge in [0.15, 0.2) is 0 Å². The van der Waals surface area contributed by atoms with Gasteiger partial charge in [0.1, 0.15) is 11.5 Å². The van der Waals surface area contributed by atoms with Crippen molar-refractivity contribution in [2.75, 3.05) is 26.1 Å². The molecule has 0 aliphatic carbocycles. The van der Waals surface area contributed by atoms with Crippen LogP contribution in [0.1, 0.15) is 25.7 Å². The molecule has 1 heterocycles. The van der Waals surface area contributed by atoms with Gasteiger partial charge in [0.25, 0.3) is 0 Å². The summed E-state index contributed by atoms with van der Waals surface area (Å²) in [4.78, 5) is 13.0. The van der Waals surface area contributed by atoms with E-state index in [4.69, 9.17) is 9.47 Å². The first kappa shape index (κ1) is 21.1. The zero-order valence-corrected chi connectivity index (χ0v) is 17.4. The summed E-state index contributed by atoms with van der Waals surface area (Å²) in [7, 11) is -0.581. The van der Waals surface area contributed by atoms with E-state index >= 15 is 0 Å². The Morgan fingerprint density at radius 2 is 1.86 bits per heavy atom. The van der Waals surface area contributed by atoms with Crippen LogP contribution >= 0.6 is 0 Å². The molecule has 1 aliphatic heterocycles. The number of sulfonamides is 1. The molecule has 1 aliphatic rings. The van der Waals surface area contributed by atoms with Gasteiger partial charge in [-0.15, -0.1) is 0 Å². The quantitative estimate of drug-likeness (QED) is 0.746. The minimum absolute atomic E-state index is 0.0758. The molecule has 1 saturated heterocycles. The van der Waals surface area contributed by atoms with Crippen molar-refractivity contribution in [2.24, 2.45) is 0 Å². The Morgan fingerprint density at radius 1 is 1.10 bits per heavy atom. The summed E-state index contributed by atoms with van der Waals surface area (Å²) < 4.78 is 38.1. The molecule has 1 N–H and O–H groups in total. The van der Waals surface area contributed by atoms with E-state index in [2.05, 4.69) is 5.32 Å². The number of methoxy groups -OCH3 is 2. The van der Waals surface area contributed by atoms with Gasteiger partial charge in [0.2, 0.25) is 15.9 Å². The molecule has 156 valence electrons. The summed E-state index contributed by atoms with van der Waals surface area (Å²) in [6.07, 6.45) is 2.40. The van der Waals surface area contributed by atoms with E-state index in [9.17, 15) is 13.2 Å². The standard InChI is InChI=1S/C21H26N2O5S/c1-27-17-11-12-20(28-2)19(15-17)22-21(24)14-16-8-6-7-13-23(16)29(25,26)18-9-4-3-5-10-18/h3-5,9-12,15-16H,6-8,13-14H2,1-2H3,(H,22,24)/t16-/m1/s1. The third-order valence-corrected chi connectivity index (χ3v) is 6.99. The van der Waals surface area contributed by atoms with Crippen LogP contribution in [0, 0.1) is 0 Å². The number of ether oxygens (including phenoxy) is 2. The van der Waals surface area contributed by atoms with Crippen molar-refractivity contribution < 1.29 is 22.7 Å². The number of rotatable bonds is 7. The van der Waals surface area contributed by atoms with Crippen LogP contribution in [0.2, 0.25) is 0 Å². The van der Waals surface area contributed by atoms with E-state index in [1.54, 1.807) is 55.6 Å². The molecular formula is C21H26N2O5S. The van der Waals surface area contributed by atoms with E-state index in [0.717, 1.165) is 12.8 Å². The Bertz CT molecular complexity index is 947. The zero-order valence-electron chi connectivity index (χ0n) is 16.6. The average Bonchev–Trinajstić information content (AvgIpc) is 2.74. The van der Waals surface area contributed by atoms with Crippen molar-refractivity contribution in [3.05, 3.63) is 48.5 Å². The van der Waals surface area contributed by atoms with Gasteiger partial charge in [-0.05, 0) is 37.1 Å². The fourth-order valence-electron chi connectivity index (χ4n) is 3.55. The van der Waals surface area contributed by atoms with Gasteiger partial charge in [-0.25, -0.2) is 8.42 Å². The average molecular weight is 419 g/mol. The van der Waals surface area contributed by atoms with Gasteiger partial charge < -0.3 is 14.8 Å². The molecule has 2 aromatic rings. The van der Waals surface area contributed by atoms with E-state index < -0.39 is 10.0 Å². The second-order valence-corrected chi connectivity index (χ2v) is 8.79. The Balaban J connectivity index is 1.76. The van der Waals surface area contributed by atoms with Crippen molar-refractivity contribution in [2.45, 2.75) is 36.6 Å². The molecule has 0 saturated carbocycles. The predicted octanol–water partition coefficient (Wildman–Crippen LogP) is 3.28. The molecule has 7 nitrogen and oxygen atoms in total.